The second-order valence-electron chi connectivity index (χ2n) is 5.86. The van der Waals surface area contributed by atoms with Crippen LogP contribution in [0.1, 0.15) is 12.2 Å². The molecule has 2 saturated heterocycles. The van der Waals surface area contributed by atoms with Crippen molar-refractivity contribution in [2.24, 2.45) is 0 Å². The number of amides is 2. The molecule has 0 aliphatic carbocycles. The van der Waals surface area contributed by atoms with Gasteiger partial charge >= 0.3 is 0 Å². The van der Waals surface area contributed by atoms with Gasteiger partial charge in [-0.2, -0.15) is 0 Å². The van der Waals surface area contributed by atoms with Gasteiger partial charge in [0.05, 0.1) is 13.2 Å². The van der Waals surface area contributed by atoms with Crippen LogP contribution >= 0.6 is 11.6 Å². The number of morpholine rings is 1. The molecule has 2 amide bonds. The average molecular weight is 357 g/mol. The molecule has 1 aromatic rings. The zero-order chi connectivity index (χ0) is 16.9. The molecule has 2 fully saturated rings. The Hall–Kier alpha value is -1.64. The van der Waals surface area contributed by atoms with Crippen LogP contribution in [0.5, 0.6) is 0 Å². The molecule has 2 aliphatic rings. The predicted molar refractivity (Wildman–Crippen MR) is 85.6 cm³/mol. The number of aryl methyl sites for hydroxylation is 1. The van der Waals surface area contributed by atoms with Gasteiger partial charge in [-0.05, 0) is 0 Å². The summed E-state index contributed by atoms with van der Waals surface area (Å²) >= 11 is 5.71. The number of hydrogen-bond acceptors (Lipinski definition) is 6. The molecule has 0 saturated carbocycles. The van der Waals surface area contributed by atoms with Crippen molar-refractivity contribution in [1.82, 2.24) is 20.3 Å². The van der Waals surface area contributed by atoms with Crippen LogP contribution in [0.15, 0.2) is 10.6 Å². The minimum absolute atomic E-state index is 0.0124. The van der Waals surface area contributed by atoms with Crippen LogP contribution in [0.25, 0.3) is 0 Å². The summed E-state index contributed by atoms with van der Waals surface area (Å²) in [4.78, 5) is 28.8. The maximum atomic E-state index is 12.7. The van der Waals surface area contributed by atoms with Crippen LogP contribution < -0.4 is 5.32 Å². The van der Waals surface area contributed by atoms with Crippen molar-refractivity contribution in [2.75, 3.05) is 45.9 Å². The van der Waals surface area contributed by atoms with E-state index in [0.717, 1.165) is 0 Å². The molecule has 1 N–H and O–H groups in total. The molecule has 3 rings (SSSR count). The topological polar surface area (TPSA) is 87.9 Å². The highest BCUT2D eigenvalue weighted by Crippen LogP contribution is 2.14. The normalized spacial score (nSPS) is 21.8. The number of carbonyl (C=O) groups is 2. The quantitative estimate of drug-likeness (QED) is 0.812. The van der Waals surface area contributed by atoms with Crippen molar-refractivity contribution in [3.63, 3.8) is 0 Å². The molecule has 2 aliphatic heterocycles. The Labute approximate surface area is 145 Å². The molecule has 1 aromatic heterocycles. The standard InChI is InChI=1S/C15H21ClN4O4/c16-13-9-11(24-18-13)1-2-14(21)20-4-3-17-10-12(20)15(22)19-5-7-23-8-6-19/h9,12,17H,1-8,10H2/t12-/m0/s1. The van der Waals surface area contributed by atoms with E-state index in [4.69, 9.17) is 20.9 Å². The lowest BCUT2D eigenvalue weighted by Crippen LogP contribution is -2.61. The fraction of sp³-hybridized carbons (Fsp3) is 0.667. The van der Waals surface area contributed by atoms with Crippen molar-refractivity contribution in [3.8, 4) is 0 Å². The van der Waals surface area contributed by atoms with E-state index in [0.29, 0.717) is 58.1 Å². The summed E-state index contributed by atoms with van der Waals surface area (Å²) in [6, 6.07) is 1.14. The van der Waals surface area contributed by atoms with Crippen LogP contribution in [0.3, 0.4) is 0 Å². The van der Waals surface area contributed by atoms with Gasteiger partial charge in [-0.3, -0.25) is 9.59 Å². The lowest BCUT2D eigenvalue weighted by atomic mass is 10.1. The van der Waals surface area contributed by atoms with Gasteiger partial charge in [-0.1, -0.05) is 16.8 Å². The zero-order valence-corrected chi connectivity index (χ0v) is 14.1. The third-order valence-corrected chi connectivity index (χ3v) is 4.47. The first-order chi connectivity index (χ1) is 11.6. The second kappa shape index (κ2) is 7.96. The molecule has 0 unspecified atom stereocenters. The van der Waals surface area contributed by atoms with E-state index in [9.17, 15) is 9.59 Å². The Kier molecular flexibility index (Phi) is 5.70. The van der Waals surface area contributed by atoms with E-state index < -0.39 is 6.04 Å². The van der Waals surface area contributed by atoms with Crippen LogP contribution in [-0.4, -0.2) is 78.8 Å². The third-order valence-electron chi connectivity index (χ3n) is 4.29. The first kappa shape index (κ1) is 17.2. The largest absolute Gasteiger partial charge is 0.378 e. The number of nitrogens with one attached hydrogen (secondary N) is 1. The highest BCUT2D eigenvalue weighted by Gasteiger charge is 2.35. The summed E-state index contributed by atoms with van der Waals surface area (Å²) in [6.45, 7) is 3.94. The number of rotatable bonds is 4. The Morgan fingerprint density at radius 3 is 2.83 bits per heavy atom. The van der Waals surface area contributed by atoms with Crippen molar-refractivity contribution in [3.05, 3.63) is 17.0 Å². The molecule has 0 bridgehead atoms. The van der Waals surface area contributed by atoms with E-state index in [2.05, 4.69) is 10.5 Å². The summed E-state index contributed by atoms with van der Waals surface area (Å²) in [5, 5.41) is 7.07. The summed E-state index contributed by atoms with van der Waals surface area (Å²) in [5.41, 5.74) is 0. The molecule has 24 heavy (non-hydrogen) atoms. The van der Waals surface area contributed by atoms with E-state index >= 15 is 0 Å². The Bertz CT molecular complexity index is 588. The number of carbonyl (C=O) groups excluding carboxylic acids is 2. The first-order valence-corrected chi connectivity index (χ1v) is 8.51. The fourth-order valence-corrected chi connectivity index (χ4v) is 3.15. The molecule has 0 spiro atoms. The SMILES string of the molecule is O=C([C@@H]1CNCCN1C(=O)CCc1cc(Cl)no1)N1CCOCC1. The summed E-state index contributed by atoms with van der Waals surface area (Å²) in [6.07, 6.45) is 0.680. The van der Waals surface area contributed by atoms with Gasteiger partial charge in [0.2, 0.25) is 11.8 Å². The summed E-state index contributed by atoms with van der Waals surface area (Å²) in [7, 11) is 0. The molecular weight excluding hydrogens is 336 g/mol. The minimum Gasteiger partial charge on any atom is -0.378 e. The fourth-order valence-electron chi connectivity index (χ4n) is 3.00. The highest BCUT2D eigenvalue weighted by atomic mass is 35.5. The van der Waals surface area contributed by atoms with Crippen molar-refractivity contribution >= 4 is 23.4 Å². The van der Waals surface area contributed by atoms with E-state index in [1.807, 2.05) is 0 Å². The number of halogens is 1. The zero-order valence-electron chi connectivity index (χ0n) is 13.4. The monoisotopic (exact) mass is 356 g/mol. The molecule has 3 heterocycles. The van der Waals surface area contributed by atoms with Crippen molar-refractivity contribution in [1.29, 1.82) is 0 Å². The maximum Gasteiger partial charge on any atom is 0.246 e. The molecule has 9 heteroatoms. The van der Waals surface area contributed by atoms with Gasteiger partial charge in [0.15, 0.2) is 5.15 Å². The van der Waals surface area contributed by atoms with E-state index in [-0.39, 0.29) is 23.4 Å². The molecule has 132 valence electrons. The second-order valence-corrected chi connectivity index (χ2v) is 6.25. The van der Waals surface area contributed by atoms with Crippen LogP contribution in [0, 0.1) is 0 Å². The van der Waals surface area contributed by atoms with Gasteiger partial charge in [-0.25, -0.2) is 0 Å². The minimum atomic E-state index is -0.456. The predicted octanol–water partition coefficient (Wildman–Crippen LogP) is -0.0802. The summed E-state index contributed by atoms with van der Waals surface area (Å²) < 4.78 is 10.3. The van der Waals surface area contributed by atoms with Crippen molar-refractivity contribution in [2.45, 2.75) is 18.9 Å². The molecule has 1 atom stereocenters. The van der Waals surface area contributed by atoms with Crippen LogP contribution in [-0.2, 0) is 20.7 Å². The number of piperazine rings is 1. The first-order valence-electron chi connectivity index (χ1n) is 8.13. The van der Waals surface area contributed by atoms with Gasteiger partial charge in [-0.15, -0.1) is 0 Å². The molecule has 8 nitrogen and oxygen atoms in total. The molecule has 0 radical (unpaired) electrons. The van der Waals surface area contributed by atoms with Crippen LogP contribution in [0.2, 0.25) is 5.15 Å². The lowest BCUT2D eigenvalue weighted by molar-refractivity contribution is -0.149. The maximum absolute atomic E-state index is 12.7. The number of ether oxygens (including phenoxy) is 1. The lowest BCUT2D eigenvalue weighted by Gasteiger charge is -2.39. The van der Waals surface area contributed by atoms with Gasteiger partial charge < -0.3 is 24.4 Å². The molecule has 0 aromatic carbocycles. The Morgan fingerprint density at radius 1 is 1.33 bits per heavy atom. The van der Waals surface area contributed by atoms with Crippen LogP contribution in [0.4, 0.5) is 0 Å². The van der Waals surface area contributed by atoms with Gasteiger partial charge in [0.25, 0.3) is 0 Å². The van der Waals surface area contributed by atoms with Gasteiger partial charge in [0, 0.05) is 51.6 Å². The van der Waals surface area contributed by atoms with E-state index in [1.54, 1.807) is 15.9 Å². The Morgan fingerprint density at radius 2 is 2.12 bits per heavy atom. The number of aromatic nitrogens is 1. The number of hydrogen-bond donors (Lipinski definition) is 1. The summed E-state index contributed by atoms with van der Waals surface area (Å²) in [5.74, 6) is 0.497. The highest BCUT2D eigenvalue weighted by molar-refractivity contribution is 6.29. The number of nitrogens with zero attached hydrogens (tertiary/aromatic N) is 3. The smallest absolute Gasteiger partial charge is 0.246 e. The van der Waals surface area contributed by atoms with Crippen molar-refractivity contribution < 1.29 is 18.8 Å². The third kappa shape index (κ3) is 4.06. The molecular formula is C15H21ClN4O4. The average Bonchev–Trinajstić information content (AvgIpc) is 3.05. The Balaban J connectivity index is 1.60. The van der Waals surface area contributed by atoms with Gasteiger partial charge in [0.1, 0.15) is 11.8 Å². The van der Waals surface area contributed by atoms with E-state index in [1.165, 1.54) is 0 Å².